The van der Waals surface area contributed by atoms with Crippen LogP contribution in [0.15, 0.2) is 24.3 Å². The molecule has 0 saturated heterocycles. The fourth-order valence-corrected chi connectivity index (χ4v) is 2.21. The average molecular weight is 363 g/mol. The van der Waals surface area contributed by atoms with Gasteiger partial charge in [-0.3, -0.25) is 0 Å². The summed E-state index contributed by atoms with van der Waals surface area (Å²) in [5.41, 5.74) is 5.99. The Morgan fingerprint density at radius 3 is 2.46 bits per heavy atom. The number of rotatable bonds is 14. The first kappa shape index (κ1) is 22.5. The maximum Gasteiger partial charge on any atom is 0.119 e. The van der Waals surface area contributed by atoms with Crippen LogP contribution in [-0.2, 0) is 14.2 Å². The Balaban J connectivity index is 2.11. The Morgan fingerprint density at radius 2 is 1.81 bits per heavy atom. The van der Waals surface area contributed by atoms with Crippen LogP contribution in [0.1, 0.15) is 39.2 Å². The molecule has 1 atom stereocenters. The molecule has 0 aliphatic rings. The minimum absolute atomic E-state index is 0.128. The van der Waals surface area contributed by atoms with Gasteiger partial charge in [-0.25, -0.2) is 0 Å². The van der Waals surface area contributed by atoms with Gasteiger partial charge in [0, 0.05) is 25.1 Å². The van der Waals surface area contributed by atoms with Crippen LogP contribution in [0.5, 0.6) is 5.75 Å². The molecule has 0 radical (unpaired) electrons. The number of ether oxygens (including phenoxy) is 4. The van der Waals surface area contributed by atoms with E-state index in [-0.39, 0.29) is 11.7 Å². The smallest absolute Gasteiger partial charge is 0.119 e. The molecular formula is C21H33NO4. The van der Waals surface area contributed by atoms with Crippen LogP contribution in [0.4, 0.5) is 0 Å². The van der Waals surface area contributed by atoms with Gasteiger partial charge in [-0.05, 0) is 51.5 Å². The highest BCUT2D eigenvalue weighted by atomic mass is 16.5. The summed E-state index contributed by atoms with van der Waals surface area (Å²) in [7, 11) is 0. The Bertz CT molecular complexity index is 522. The van der Waals surface area contributed by atoms with Crippen LogP contribution in [0.2, 0.25) is 0 Å². The number of nitrogens with two attached hydrogens (primary N) is 1. The maximum atomic E-state index is 5.86. The molecule has 1 unspecified atom stereocenters. The van der Waals surface area contributed by atoms with Crippen LogP contribution in [0.3, 0.4) is 0 Å². The number of benzene rings is 1. The van der Waals surface area contributed by atoms with Gasteiger partial charge < -0.3 is 24.7 Å². The summed E-state index contributed by atoms with van der Waals surface area (Å²) in [4.78, 5) is 0. The van der Waals surface area contributed by atoms with E-state index in [1.807, 2.05) is 24.3 Å². The highest BCUT2D eigenvalue weighted by Crippen LogP contribution is 2.16. The van der Waals surface area contributed by atoms with Gasteiger partial charge in [0.15, 0.2) is 0 Å². The molecule has 5 nitrogen and oxygen atoms in total. The van der Waals surface area contributed by atoms with Gasteiger partial charge in [0.05, 0.1) is 38.1 Å². The van der Waals surface area contributed by atoms with Crippen molar-refractivity contribution in [2.24, 2.45) is 5.73 Å². The minimum atomic E-state index is -0.235. The number of terminal acetylenes is 1. The van der Waals surface area contributed by atoms with Crippen molar-refractivity contribution in [3.05, 3.63) is 29.8 Å². The second kappa shape index (κ2) is 12.7. The van der Waals surface area contributed by atoms with Crippen molar-refractivity contribution in [3.63, 3.8) is 0 Å². The normalized spacial score (nSPS) is 12.6. The summed E-state index contributed by atoms with van der Waals surface area (Å²) in [5.74, 6) is 3.41. The Morgan fingerprint density at radius 1 is 1.08 bits per heavy atom. The largest absolute Gasteiger partial charge is 0.493 e. The van der Waals surface area contributed by atoms with Crippen molar-refractivity contribution in [1.82, 2.24) is 0 Å². The molecule has 0 heterocycles. The standard InChI is InChI=1S/C21H33NO4/c1-5-19-6-8-20(9-7-19)25-13-10-18(2)24-14-11-21(3,4)26-17-16-23-15-12-22/h1,6-9,18H,10-17,22H2,2-4H3. The maximum absolute atomic E-state index is 5.86. The number of hydrogen-bond acceptors (Lipinski definition) is 5. The van der Waals surface area contributed by atoms with E-state index in [4.69, 9.17) is 31.1 Å². The molecule has 26 heavy (non-hydrogen) atoms. The van der Waals surface area contributed by atoms with Crippen molar-refractivity contribution in [1.29, 1.82) is 0 Å². The van der Waals surface area contributed by atoms with E-state index >= 15 is 0 Å². The predicted molar refractivity (Wildman–Crippen MR) is 104 cm³/mol. The Hall–Kier alpha value is -1.58. The highest BCUT2D eigenvalue weighted by molar-refractivity contribution is 5.36. The first-order valence-electron chi connectivity index (χ1n) is 9.19. The molecule has 1 aromatic carbocycles. The van der Waals surface area contributed by atoms with E-state index in [0.717, 1.165) is 24.2 Å². The van der Waals surface area contributed by atoms with Crippen LogP contribution >= 0.6 is 0 Å². The third kappa shape index (κ3) is 10.4. The molecule has 0 aliphatic heterocycles. The highest BCUT2D eigenvalue weighted by Gasteiger charge is 2.18. The molecule has 0 aromatic heterocycles. The molecule has 5 heteroatoms. The van der Waals surface area contributed by atoms with Gasteiger partial charge in [-0.15, -0.1) is 6.42 Å². The van der Waals surface area contributed by atoms with E-state index in [9.17, 15) is 0 Å². The van der Waals surface area contributed by atoms with E-state index in [0.29, 0.717) is 39.6 Å². The van der Waals surface area contributed by atoms with E-state index < -0.39 is 0 Å². The van der Waals surface area contributed by atoms with E-state index in [1.54, 1.807) is 0 Å². The fourth-order valence-electron chi connectivity index (χ4n) is 2.21. The van der Waals surface area contributed by atoms with Gasteiger partial charge in [-0.1, -0.05) is 5.92 Å². The lowest BCUT2D eigenvalue weighted by molar-refractivity contribution is -0.0678. The van der Waals surface area contributed by atoms with Crippen molar-refractivity contribution in [3.8, 4) is 18.1 Å². The third-order valence-corrected chi connectivity index (χ3v) is 3.90. The summed E-state index contributed by atoms with van der Waals surface area (Å²) in [6, 6.07) is 7.52. The zero-order valence-electron chi connectivity index (χ0n) is 16.3. The molecule has 0 aliphatic carbocycles. The summed E-state index contributed by atoms with van der Waals surface area (Å²) in [6.07, 6.45) is 7.11. The lowest BCUT2D eigenvalue weighted by Crippen LogP contribution is -2.29. The van der Waals surface area contributed by atoms with Gasteiger partial charge >= 0.3 is 0 Å². The first-order valence-corrected chi connectivity index (χ1v) is 9.19. The molecule has 1 rings (SSSR count). The predicted octanol–water partition coefficient (Wildman–Crippen LogP) is 3.00. The van der Waals surface area contributed by atoms with Crippen molar-refractivity contribution in [2.75, 3.05) is 39.6 Å². The first-order chi connectivity index (χ1) is 12.5. The van der Waals surface area contributed by atoms with Crippen molar-refractivity contribution in [2.45, 2.75) is 45.3 Å². The second-order valence-corrected chi connectivity index (χ2v) is 6.75. The molecular weight excluding hydrogens is 330 g/mol. The molecule has 0 spiro atoms. The molecule has 2 N–H and O–H groups in total. The van der Waals surface area contributed by atoms with Crippen molar-refractivity contribution >= 4 is 0 Å². The monoisotopic (exact) mass is 363 g/mol. The zero-order valence-corrected chi connectivity index (χ0v) is 16.3. The second-order valence-electron chi connectivity index (χ2n) is 6.75. The van der Waals surface area contributed by atoms with E-state index in [1.165, 1.54) is 0 Å². The fraction of sp³-hybridized carbons (Fsp3) is 0.619. The summed E-state index contributed by atoms with van der Waals surface area (Å²) >= 11 is 0. The van der Waals surface area contributed by atoms with Gasteiger partial charge in [0.25, 0.3) is 0 Å². The van der Waals surface area contributed by atoms with Crippen molar-refractivity contribution < 1.29 is 18.9 Å². The zero-order chi connectivity index (χ0) is 19.3. The number of hydrogen-bond donors (Lipinski definition) is 1. The lowest BCUT2D eigenvalue weighted by Gasteiger charge is -2.26. The van der Waals surface area contributed by atoms with Gasteiger partial charge in [-0.2, -0.15) is 0 Å². The third-order valence-electron chi connectivity index (χ3n) is 3.90. The van der Waals surface area contributed by atoms with E-state index in [2.05, 4.69) is 26.7 Å². The summed E-state index contributed by atoms with van der Waals surface area (Å²) in [5, 5.41) is 0. The van der Waals surface area contributed by atoms with Gasteiger partial charge in [0.1, 0.15) is 5.75 Å². The molecule has 0 fully saturated rings. The topological polar surface area (TPSA) is 62.9 Å². The molecule has 0 bridgehead atoms. The summed E-state index contributed by atoms with van der Waals surface area (Å²) in [6.45, 7) is 9.67. The average Bonchev–Trinajstić information content (AvgIpc) is 2.62. The van der Waals surface area contributed by atoms with Crippen LogP contribution in [-0.4, -0.2) is 51.3 Å². The lowest BCUT2D eigenvalue weighted by atomic mass is 10.1. The van der Waals surface area contributed by atoms with Crippen LogP contribution < -0.4 is 10.5 Å². The molecule has 146 valence electrons. The minimum Gasteiger partial charge on any atom is -0.493 e. The Kier molecular flexibility index (Phi) is 11.0. The Labute approximate surface area is 158 Å². The summed E-state index contributed by atoms with van der Waals surface area (Å²) < 4.78 is 22.7. The van der Waals surface area contributed by atoms with Crippen LogP contribution in [0.25, 0.3) is 0 Å². The van der Waals surface area contributed by atoms with Gasteiger partial charge in [0.2, 0.25) is 0 Å². The molecule has 1 aromatic rings. The quantitative estimate of drug-likeness (QED) is 0.407. The van der Waals surface area contributed by atoms with Crippen LogP contribution in [0, 0.1) is 12.3 Å². The SMILES string of the molecule is C#Cc1ccc(OCCC(C)OCCC(C)(C)OCCOCCN)cc1. The molecule has 0 amide bonds. The molecule has 0 saturated carbocycles.